The molecule has 188 valence electrons. The van der Waals surface area contributed by atoms with Crippen molar-refractivity contribution >= 4 is 22.8 Å². The summed E-state index contributed by atoms with van der Waals surface area (Å²) in [6, 6.07) is 0.809. The molecule has 0 amide bonds. The van der Waals surface area contributed by atoms with Gasteiger partial charge in [0.25, 0.3) is 0 Å². The van der Waals surface area contributed by atoms with Crippen LogP contribution >= 0.6 is 0 Å². The van der Waals surface area contributed by atoms with Crippen molar-refractivity contribution in [1.82, 2.24) is 29.7 Å². The molecule has 0 spiro atoms. The number of nitrogens with zero attached hydrogens (tertiary/aromatic N) is 6. The van der Waals surface area contributed by atoms with Gasteiger partial charge in [-0.3, -0.25) is 9.64 Å². The van der Waals surface area contributed by atoms with Crippen molar-refractivity contribution in [3.05, 3.63) is 53.9 Å². The number of nitrogens with one attached hydrogen (secondary N) is 2. The van der Waals surface area contributed by atoms with E-state index in [1.54, 1.807) is 6.20 Å². The van der Waals surface area contributed by atoms with Gasteiger partial charge in [0, 0.05) is 34.9 Å². The van der Waals surface area contributed by atoms with Crippen molar-refractivity contribution in [2.75, 3.05) is 5.32 Å². The molecule has 2 unspecified atom stereocenters. The zero-order chi connectivity index (χ0) is 25.7. The van der Waals surface area contributed by atoms with Gasteiger partial charge in [0.15, 0.2) is 17.5 Å². The lowest BCUT2D eigenvalue weighted by Crippen LogP contribution is -2.51. The summed E-state index contributed by atoms with van der Waals surface area (Å²) in [6.07, 6.45) is 9.00. The number of carboxylic acid groups (broad SMARTS) is 1. The van der Waals surface area contributed by atoms with E-state index in [0.29, 0.717) is 22.2 Å². The third kappa shape index (κ3) is 3.96. The molecule has 10 nitrogen and oxygen atoms in total. The van der Waals surface area contributed by atoms with E-state index in [9.17, 15) is 14.3 Å². The fraction of sp³-hybridized carbons (Fsp3) is 0.360. The second-order valence-corrected chi connectivity index (χ2v) is 9.59. The van der Waals surface area contributed by atoms with Crippen LogP contribution in [0.5, 0.6) is 0 Å². The van der Waals surface area contributed by atoms with Crippen LogP contribution in [-0.2, 0) is 11.5 Å². The highest BCUT2D eigenvalue weighted by Gasteiger charge is 2.47. The van der Waals surface area contributed by atoms with Gasteiger partial charge in [0.05, 0.1) is 18.3 Å². The third-order valence-corrected chi connectivity index (χ3v) is 7.52. The minimum Gasteiger partial charge on any atom is -0.481 e. The number of fused-ring (bicyclic) bond motifs is 4. The van der Waals surface area contributed by atoms with Gasteiger partial charge in [-0.1, -0.05) is 0 Å². The molecule has 7 rings (SSSR count). The quantitative estimate of drug-likeness (QED) is 0.334. The summed E-state index contributed by atoms with van der Waals surface area (Å²) in [6.45, 7) is 7.02. The minimum atomic E-state index is -0.902. The summed E-state index contributed by atoms with van der Waals surface area (Å²) in [4.78, 5) is 31.4. The van der Waals surface area contributed by atoms with Gasteiger partial charge in [-0.15, -0.1) is 0 Å². The van der Waals surface area contributed by atoms with Gasteiger partial charge < -0.3 is 15.4 Å². The average molecular weight is 505 g/mol. The van der Waals surface area contributed by atoms with E-state index in [-0.39, 0.29) is 35.8 Å². The van der Waals surface area contributed by atoms with Crippen LogP contribution in [0.4, 0.5) is 14.6 Å². The molecule has 12 heteroatoms. The summed E-state index contributed by atoms with van der Waals surface area (Å²) in [5.74, 6) is -2.75. The SMILES string of the molecule is [C-]#[N+]Cn1cc(-c2nc(-c3c[nH]c4ncc(F)cc34)nc(NC3C4CCC(CC4)C3C(=O)O)c2F)cn1. The molecule has 4 aromatic rings. The van der Waals surface area contributed by atoms with Crippen LogP contribution in [0.25, 0.3) is 38.5 Å². The summed E-state index contributed by atoms with van der Waals surface area (Å²) in [7, 11) is 0. The predicted octanol–water partition coefficient (Wildman–Crippen LogP) is 4.34. The van der Waals surface area contributed by atoms with Crippen molar-refractivity contribution < 1.29 is 18.7 Å². The molecule has 2 atom stereocenters. The smallest absolute Gasteiger partial charge is 0.308 e. The number of carboxylic acids is 1. The zero-order valence-electron chi connectivity index (χ0n) is 19.5. The van der Waals surface area contributed by atoms with Crippen molar-refractivity contribution in [1.29, 1.82) is 0 Å². The molecule has 0 saturated heterocycles. The first kappa shape index (κ1) is 23.0. The minimum absolute atomic E-state index is 0.0263. The summed E-state index contributed by atoms with van der Waals surface area (Å²) in [5, 5.41) is 17.6. The zero-order valence-corrected chi connectivity index (χ0v) is 19.5. The van der Waals surface area contributed by atoms with Crippen LogP contribution < -0.4 is 5.32 Å². The van der Waals surface area contributed by atoms with Crippen molar-refractivity contribution in [2.45, 2.75) is 38.4 Å². The number of H-pyrrole nitrogens is 1. The number of hydrogen-bond acceptors (Lipinski definition) is 6. The van der Waals surface area contributed by atoms with E-state index in [0.717, 1.165) is 31.9 Å². The highest BCUT2D eigenvalue weighted by Crippen LogP contribution is 2.46. The van der Waals surface area contributed by atoms with Gasteiger partial charge in [-0.25, -0.2) is 35.0 Å². The number of carbonyl (C=O) groups is 1. The fourth-order valence-corrected chi connectivity index (χ4v) is 5.82. The molecule has 37 heavy (non-hydrogen) atoms. The highest BCUT2D eigenvalue weighted by atomic mass is 19.1. The van der Waals surface area contributed by atoms with Crippen LogP contribution in [0, 0.1) is 36.0 Å². The number of hydrogen-bond donors (Lipinski definition) is 3. The summed E-state index contributed by atoms with van der Waals surface area (Å²) >= 11 is 0. The van der Waals surface area contributed by atoms with E-state index in [1.807, 2.05) is 0 Å². The largest absolute Gasteiger partial charge is 0.481 e. The number of pyridine rings is 1. The van der Waals surface area contributed by atoms with Crippen LogP contribution in [0.3, 0.4) is 0 Å². The molecular formula is C25H22F2N8O2. The van der Waals surface area contributed by atoms with E-state index in [1.165, 1.54) is 23.1 Å². The number of aliphatic carboxylic acids is 1. The average Bonchev–Trinajstić information content (AvgIpc) is 3.53. The molecule has 3 aliphatic rings. The van der Waals surface area contributed by atoms with E-state index >= 15 is 4.39 Å². The lowest BCUT2D eigenvalue weighted by Gasteiger charge is -2.47. The van der Waals surface area contributed by atoms with Crippen LogP contribution in [0.2, 0.25) is 0 Å². The van der Waals surface area contributed by atoms with Gasteiger partial charge in [0.2, 0.25) is 0 Å². The Hall–Kier alpha value is -4.40. The number of aromatic amines is 1. The Morgan fingerprint density at radius 3 is 2.76 bits per heavy atom. The first-order valence-corrected chi connectivity index (χ1v) is 12.0. The van der Waals surface area contributed by atoms with Crippen molar-refractivity contribution in [3.8, 4) is 22.6 Å². The fourth-order valence-electron chi connectivity index (χ4n) is 5.82. The second-order valence-electron chi connectivity index (χ2n) is 9.59. The first-order valence-electron chi connectivity index (χ1n) is 12.0. The maximum atomic E-state index is 16.0. The summed E-state index contributed by atoms with van der Waals surface area (Å²) in [5.41, 5.74) is 1.10. The van der Waals surface area contributed by atoms with Gasteiger partial charge in [-0.2, -0.15) is 5.10 Å². The molecule has 3 saturated carbocycles. The van der Waals surface area contributed by atoms with E-state index < -0.39 is 29.6 Å². The lowest BCUT2D eigenvalue weighted by atomic mass is 9.61. The maximum absolute atomic E-state index is 16.0. The van der Waals surface area contributed by atoms with Gasteiger partial charge in [-0.05, 0) is 43.6 Å². The van der Waals surface area contributed by atoms with Crippen LogP contribution in [0.15, 0.2) is 30.9 Å². The van der Waals surface area contributed by atoms with E-state index in [4.69, 9.17) is 6.57 Å². The predicted molar refractivity (Wildman–Crippen MR) is 129 cm³/mol. The Morgan fingerprint density at radius 1 is 1.22 bits per heavy atom. The molecular weight excluding hydrogens is 482 g/mol. The van der Waals surface area contributed by atoms with Crippen LogP contribution in [0.1, 0.15) is 25.7 Å². The maximum Gasteiger partial charge on any atom is 0.308 e. The lowest BCUT2D eigenvalue weighted by molar-refractivity contribution is -0.148. The Kier molecular flexibility index (Phi) is 5.55. The Morgan fingerprint density at radius 2 is 2.00 bits per heavy atom. The molecule has 3 N–H and O–H groups in total. The standard InChI is InChI=1S/C25H22F2N8O2/c1-28-11-35-10-14(7-31-35)21-19(27)24(32-20-13-4-2-12(3-5-13)18(20)25(36)37)34-23(33-21)17-9-30-22-16(17)6-15(26)8-29-22/h6-10,12-13,18,20H,2-5,11H2,(H,29,30)(H,36,37)(H,32,33,34). The van der Waals surface area contributed by atoms with Gasteiger partial charge >= 0.3 is 12.6 Å². The molecule has 0 radical (unpaired) electrons. The molecule has 4 aromatic heterocycles. The summed E-state index contributed by atoms with van der Waals surface area (Å²) < 4.78 is 31.3. The van der Waals surface area contributed by atoms with Crippen molar-refractivity contribution in [3.63, 3.8) is 0 Å². The van der Waals surface area contributed by atoms with Crippen molar-refractivity contribution in [2.24, 2.45) is 17.8 Å². The highest BCUT2D eigenvalue weighted by molar-refractivity contribution is 5.92. The van der Waals surface area contributed by atoms with E-state index in [2.05, 4.69) is 35.2 Å². The molecule has 2 bridgehead atoms. The Bertz CT molecular complexity index is 1550. The topological polar surface area (TPSA) is 126 Å². The molecule has 3 aliphatic carbocycles. The Labute approximate surface area is 209 Å². The third-order valence-electron chi connectivity index (χ3n) is 7.52. The number of halogens is 2. The van der Waals surface area contributed by atoms with Gasteiger partial charge in [0.1, 0.15) is 17.2 Å². The molecule has 0 aromatic carbocycles. The molecule has 4 heterocycles. The Balaban J connectivity index is 1.49. The number of aromatic nitrogens is 6. The first-order chi connectivity index (χ1) is 17.9. The number of rotatable bonds is 6. The molecule has 3 fully saturated rings. The normalized spacial score (nSPS) is 22.7. The number of anilines is 1. The molecule has 0 aliphatic heterocycles. The van der Waals surface area contributed by atoms with Crippen LogP contribution in [-0.4, -0.2) is 46.8 Å². The monoisotopic (exact) mass is 504 g/mol. The second kappa shape index (κ2) is 8.92.